The van der Waals surface area contributed by atoms with E-state index in [1.807, 2.05) is 12.1 Å². The van der Waals surface area contributed by atoms with Crippen LogP contribution in [0.25, 0.3) is 11.3 Å². The summed E-state index contributed by atoms with van der Waals surface area (Å²) >= 11 is 0. The molecule has 3 rings (SSSR count). The Morgan fingerprint density at radius 1 is 1.26 bits per heavy atom. The van der Waals surface area contributed by atoms with Crippen LogP contribution >= 0.6 is 0 Å². The average Bonchev–Trinajstić information content (AvgIpc) is 2.85. The summed E-state index contributed by atoms with van der Waals surface area (Å²) in [5, 5.41) is 8.74. The molecule has 0 spiro atoms. The molecule has 1 aliphatic heterocycles. The molecule has 6 nitrogen and oxygen atoms in total. The average molecular weight is 258 g/mol. The fourth-order valence-corrected chi connectivity index (χ4v) is 1.84. The van der Waals surface area contributed by atoms with Gasteiger partial charge in [0.1, 0.15) is 12.2 Å². The van der Waals surface area contributed by atoms with Crippen LogP contribution in [0.5, 0.6) is 11.5 Å². The summed E-state index contributed by atoms with van der Waals surface area (Å²) in [6, 6.07) is 7.19. The molecule has 6 heteroatoms. The van der Waals surface area contributed by atoms with E-state index < -0.39 is 5.97 Å². The maximum Gasteiger partial charge on any atom is 0.311 e. The minimum absolute atomic E-state index is 0.196. The van der Waals surface area contributed by atoms with Crippen molar-refractivity contribution >= 4 is 5.97 Å². The van der Waals surface area contributed by atoms with Crippen molar-refractivity contribution in [2.24, 2.45) is 0 Å². The van der Waals surface area contributed by atoms with Crippen LogP contribution in [0.2, 0.25) is 0 Å². The number of ether oxygens (including phenoxy) is 2. The number of carboxylic acids is 1. The van der Waals surface area contributed by atoms with Crippen LogP contribution < -0.4 is 9.47 Å². The summed E-state index contributed by atoms with van der Waals surface area (Å²) in [5.41, 5.74) is 1.49. The SMILES string of the molecule is O=C(O)Cc1nccc(-c2ccc3c(c2)OCO3)n1. The smallest absolute Gasteiger partial charge is 0.311 e. The molecule has 0 saturated heterocycles. The molecular weight excluding hydrogens is 248 g/mol. The van der Waals surface area contributed by atoms with E-state index in [0.717, 1.165) is 5.56 Å². The van der Waals surface area contributed by atoms with Crippen molar-refractivity contribution < 1.29 is 19.4 Å². The fourth-order valence-electron chi connectivity index (χ4n) is 1.84. The highest BCUT2D eigenvalue weighted by atomic mass is 16.7. The number of carboxylic acid groups (broad SMARTS) is 1. The standard InChI is InChI=1S/C13H10N2O4/c16-13(17)6-12-14-4-3-9(15-12)8-1-2-10-11(5-8)19-7-18-10/h1-5H,6-7H2,(H,16,17). The van der Waals surface area contributed by atoms with Gasteiger partial charge in [0, 0.05) is 11.8 Å². The Bertz CT molecular complexity index is 642. The maximum absolute atomic E-state index is 10.7. The van der Waals surface area contributed by atoms with Crippen molar-refractivity contribution in [1.82, 2.24) is 9.97 Å². The van der Waals surface area contributed by atoms with Crippen LogP contribution in [0, 0.1) is 0 Å². The topological polar surface area (TPSA) is 81.5 Å². The normalized spacial score (nSPS) is 12.4. The zero-order valence-electron chi connectivity index (χ0n) is 9.87. The van der Waals surface area contributed by atoms with E-state index in [2.05, 4.69) is 9.97 Å². The van der Waals surface area contributed by atoms with Crippen LogP contribution in [0.15, 0.2) is 30.5 Å². The molecule has 19 heavy (non-hydrogen) atoms. The summed E-state index contributed by atoms with van der Waals surface area (Å²) in [7, 11) is 0. The van der Waals surface area contributed by atoms with E-state index in [-0.39, 0.29) is 19.0 Å². The van der Waals surface area contributed by atoms with Gasteiger partial charge in [-0.1, -0.05) is 0 Å². The van der Waals surface area contributed by atoms with E-state index >= 15 is 0 Å². The zero-order chi connectivity index (χ0) is 13.2. The first-order chi connectivity index (χ1) is 9.22. The number of fused-ring (bicyclic) bond motifs is 1. The van der Waals surface area contributed by atoms with Gasteiger partial charge in [0.15, 0.2) is 11.5 Å². The minimum atomic E-state index is -0.956. The number of carbonyl (C=O) groups is 1. The van der Waals surface area contributed by atoms with Gasteiger partial charge in [0.25, 0.3) is 0 Å². The van der Waals surface area contributed by atoms with E-state index in [1.165, 1.54) is 0 Å². The van der Waals surface area contributed by atoms with Crippen LogP contribution in [-0.2, 0) is 11.2 Å². The Labute approximate surface area is 108 Å². The molecular formula is C13H10N2O4. The Morgan fingerprint density at radius 3 is 2.95 bits per heavy atom. The van der Waals surface area contributed by atoms with Crippen molar-refractivity contribution in [2.75, 3.05) is 6.79 Å². The maximum atomic E-state index is 10.7. The first kappa shape index (κ1) is 11.5. The molecule has 0 radical (unpaired) electrons. The molecule has 0 unspecified atom stereocenters. The number of aromatic nitrogens is 2. The fraction of sp³-hybridized carbons (Fsp3) is 0.154. The van der Waals surface area contributed by atoms with Gasteiger partial charge in [-0.25, -0.2) is 9.97 Å². The van der Waals surface area contributed by atoms with Gasteiger partial charge in [-0.2, -0.15) is 0 Å². The van der Waals surface area contributed by atoms with Gasteiger partial charge in [-0.05, 0) is 24.3 Å². The van der Waals surface area contributed by atoms with Gasteiger partial charge < -0.3 is 14.6 Å². The van der Waals surface area contributed by atoms with Gasteiger partial charge in [-0.15, -0.1) is 0 Å². The molecule has 96 valence electrons. The zero-order valence-corrected chi connectivity index (χ0v) is 9.87. The lowest BCUT2D eigenvalue weighted by Gasteiger charge is -2.04. The van der Waals surface area contributed by atoms with Crippen LogP contribution in [0.4, 0.5) is 0 Å². The quantitative estimate of drug-likeness (QED) is 0.898. The number of nitrogens with zero attached hydrogens (tertiary/aromatic N) is 2. The van der Waals surface area contributed by atoms with Crippen molar-refractivity contribution in [2.45, 2.75) is 6.42 Å². The molecule has 1 aromatic heterocycles. The van der Waals surface area contributed by atoms with Crippen molar-refractivity contribution in [3.05, 3.63) is 36.3 Å². The number of hydrogen-bond acceptors (Lipinski definition) is 5. The molecule has 1 aliphatic rings. The molecule has 0 saturated carbocycles. The van der Waals surface area contributed by atoms with Crippen molar-refractivity contribution in [3.63, 3.8) is 0 Å². The highest BCUT2D eigenvalue weighted by Crippen LogP contribution is 2.35. The van der Waals surface area contributed by atoms with Gasteiger partial charge in [-0.3, -0.25) is 4.79 Å². The van der Waals surface area contributed by atoms with E-state index in [4.69, 9.17) is 14.6 Å². The first-order valence-electron chi connectivity index (χ1n) is 5.66. The van der Waals surface area contributed by atoms with Crippen LogP contribution in [0.1, 0.15) is 5.82 Å². The molecule has 0 bridgehead atoms. The molecule has 1 N–H and O–H groups in total. The van der Waals surface area contributed by atoms with Crippen molar-refractivity contribution in [3.8, 4) is 22.8 Å². The lowest BCUT2D eigenvalue weighted by molar-refractivity contribution is -0.136. The second-order valence-electron chi connectivity index (χ2n) is 4.00. The summed E-state index contributed by atoms with van der Waals surface area (Å²) in [6.45, 7) is 0.215. The molecule has 2 heterocycles. The van der Waals surface area contributed by atoms with Crippen LogP contribution in [-0.4, -0.2) is 27.8 Å². The molecule has 1 aromatic carbocycles. The van der Waals surface area contributed by atoms with E-state index in [0.29, 0.717) is 17.2 Å². The molecule has 0 amide bonds. The molecule has 2 aromatic rings. The lowest BCUT2D eigenvalue weighted by Crippen LogP contribution is -2.05. The number of hydrogen-bond donors (Lipinski definition) is 1. The first-order valence-corrected chi connectivity index (χ1v) is 5.66. The summed E-state index contributed by atoms with van der Waals surface area (Å²) < 4.78 is 10.5. The number of benzene rings is 1. The van der Waals surface area contributed by atoms with E-state index in [9.17, 15) is 4.79 Å². The Morgan fingerprint density at radius 2 is 2.11 bits per heavy atom. The van der Waals surface area contributed by atoms with Crippen molar-refractivity contribution in [1.29, 1.82) is 0 Å². The second kappa shape index (κ2) is 4.56. The number of aliphatic carboxylic acids is 1. The molecule has 0 atom stereocenters. The van der Waals surface area contributed by atoms with Crippen LogP contribution in [0.3, 0.4) is 0 Å². The third-order valence-corrected chi connectivity index (χ3v) is 2.68. The summed E-state index contributed by atoms with van der Waals surface area (Å²) in [4.78, 5) is 18.8. The monoisotopic (exact) mass is 258 g/mol. The highest BCUT2D eigenvalue weighted by molar-refractivity contribution is 5.69. The lowest BCUT2D eigenvalue weighted by atomic mass is 10.1. The second-order valence-corrected chi connectivity index (χ2v) is 4.00. The molecule has 0 aliphatic carbocycles. The number of rotatable bonds is 3. The van der Waals surface area contributed by atoms with Gasteiger partial charge in [0.2, 0.25) is 6.79 Å². The largest absolute Gasteiger partial charge is 0.481 e. The third-order valence-electron chi connectivity index (χ3n) is 2.68. The minimum Gasteiger partial charge on any atom is -0.481 e. The highest BCUT2D eigenvalue weighted by Gasteiger charge is 2.14. The Kier molecular flexibility index (Phi) is 2.75. The van der Waals surface area contributed by atoms with E-state index in [1.54, 1.807) is 18.3 Å². The molecule has 0 fully saturated rings. The Balaban J connectivity index is 1.95. The third kappa shape index (κ3) is 2.33. The van der Waals surface area contributed by atoms with Gasteiger partial charge in [0.05, 0.1) is 5.69 Å². The predicted octanol–water partition coefficient (Wildman–Crippen LogP) is 1.50. The predicted molar refractivity (Wildman–Crippen MR) is 64.9 cm³/mol. The Hall–Kier alpha value is -2.63. The summed E-state index contributed by atoms with van der Waals surface area (Å²) in [5.74, 6) is 0.685. The van der Waals surface area contributed by atoms with Gasteiger partial charge >= 0.3 is 5.97 Å². The summed E-state index contributed by atoms with van der Waals surface area (Å²) in [6.07, 6.45) is 1.35.